The van der Waals surface area contributed by atoms with E-state index in [2.05, 4.69) is 5.16 Å². The van der Waals surface area contributed by atoms with Crippen LogP contribution in [-0.2, 0) is 12.8 Å². The molecule has 1 aromatic heterocycles. The molecule has 0 radical (unpaired) electrons. The van der Waals surface area contributed by atoms with Gasteiger partial charge in [-0.25, -0.2) is 0 Å². The highest BCUT2D eigenvalue weighted by Gasteiger charge is 2.23. The molecular formula is C10H16N2O2. The fraction of sp³-hybridized carbons (Fsp3) is 0.700. The van der Waals surface area contributed by atoms with Gasteiger partial charge in [0.05, 0.1) is 5.69 Å². The van der Waals surface area contributed by atoms with Crippen LogP contribution >= 0.6 is 0 Å². The van der Waals surface area contributed by atoms with Gasteiger partial charge in [0.25, 0.3) is 0 Å². The van der Waals surface area contributed by atoms with Crippen molar-refractivity contribution in [1.29, 1.82) is 0 Å². The van der Waals surface area contributed by atoms with E-state index in [4.69, 9.17) is 10.3 Å². The first kappa shape index (κ1) is 9.68. The van der Waals surface area contributed by atoms with Gasteiger partial charge in [0, 0.05) is 5.56 Å². The normalized spacial score (nSPS) is 17.9. The van der Waals surface area contributed by atoms with Crippen LogP contribution in [0, 0.1) is 0 Å². The molecule has 14 heavy (non-hydrogen) atoms. The van der Waals surface area contributed by atoms with Gasteiger partial charge in [0.15, 0.2) is 5.76 Å². The Morgan fingerprint density at radius 3 is 3.00 bits per heavy atom. The number of aliphatic hydroxyl groups is 1. The third-order valence-electron chi connectivity index (χ3n) is 2.73. The molecule has 1 aromatic rings. The summed E-state index contributed by atoms with van der Waals surface area (Å²) >= 11 is 0. The second-order valence-corrected chi connectivity index (χ2v) is 3.77. The van der Waals surface area contributed by atoms with Crippen LogP contribution in [0.1, 0.15) is 42.4 Å². The Kier molecular flexibility index (Phi) is 2.84. The molecule has 0 bridgehead atoms. The van der Waals surface area contributed by atoms with Crippen molar-refractivity contribution < 1.29 is 9.63 Å². The predicted molar refractivity (Wildman–Crippen MR) is 51.8 cm³/mol. The Labute approximate surface area is 83.1 Å². The van der Waals surface area contributed by atoms with Gasteiger partial charge in [-0.15, -0.1) is 0 Å². The van der Waals surface area contributed by atoms with Crippen LogP contribution in [0.4, 0.5) is 0 Å². The Balaban J connectivity index is 2.21. The zero-order valence-electron chi connectivity index (χ0n) is 8.20. The van der Waals surface area contributed by atoms with E-state index in [1.807, 2.05) is 0 Å². The quantitative estimate of drug-likeness (QED) is 0.754. The minimum Gasteiger partial charge on any atom is -0.385 e. The van der Waals surface area contributed by atoms with Crippen molar-refractivity contribution in [2.45, 2.75) is 38.2 Å². The molecule has 1 atom stereocenters. The first-order chi connectivity index (χ1) is 6.83. The standard InChI is InChI=1S/C10H16N2O2/c11-6-5-9(13)10-7-3-1-2-4-8(7)12-14-10/h9,13H,1-6,11H2. The third kappa shape index (κ3) is 1.67. The first-order valence-corrected chi connectivity index (χ1v) is 5.18. The molecule has 3 N–H and O–H groups in total. The van der Waals surface area contributed by atoms with Crippen LogP contribution in [0.25, 0.3) is 0 Å². The zero-order chi connectivity index (χ0) is 9.97. The molecule has 1 heterocycles. The number of aliphatic hydroxyl groups excluding tert-OH is 1. The van der Waals surface area contributed by atoms with E-state index >= 15 is 0 Å². The minimum atomic E-state index is -0.575. The molecule has 0 spiro atoms. The molecule has 1 unspecified atom stereocenters. The zero-order valence-corrected chi connectivity index (χ0v) is 8.20. The van der Waals surface area contributed by atoms with E-state index in [1.165, 1.54) is 6.42 Å². The lowest BCUT2D eigenvalue weighted by Crippen LogP contribution is -2.09. The average molecular weight is 196 g/mol. The van der Waals surface area contributed by atoms with Crippen LogP contribution in [0.3, 0.4) is 0 Å². The van der Waals surface area contributed by atoms with E-state index < -0.39 is 6.10 Å². The number of nitrogens with zero attached hydrogens (tertiary/aromatic N) is 1. The molecule has 0 aromatic carbocycles. The highest BCUT2D eigenvalue weighted by molar-refractivity contribution is 5.26. The lowest BCUT2D eigenvalue weighted by atomic mass is 9.94. The van der Waals surface area contributed by atoms with Crippen molar-refractivity contribution in [2.75, 3.05) is 6.54 Å². The largest absolute Gasteiger partial charge is 0.385 e. The second kappa shape index (κ2) is 4.11. The molecular weight excluding hydrogens is 180 g/mol. The maximum atomic E-state index is 9.75. The van der Waals surface area contributed by atoms with Crippen LogP contribution in [0.2, 0.25) is 0 Å². The summed E-state index contributed by atoms with van der Waals surface area (Å²) in [4.78, 5) is 0. The lowest BCUT2D eigenvalue weighted by Gasteiger charge is -2.11. The SMILES string of the molecule is NCCC(O)c1onc2c1CCCC2. The molecule has 0 aliphatic heterocycles. The van der Waals surface area contributed by atoms with Gasteiger partial charge in [-0.1, -0.05) is 5.16 Å². The van der Waals surface area contributed by atoms with Crippen LogP contribution in [-0.4, -0.2) is 16.8 Å². The van der Waals surface area contributed by atoms with Crippen molar-refractivity contribution in [2.24, 2.45) is 5.73 Å². The summed E-state index contributed by atoms with van der Waals surface area (Å²) < 4.78 is 5.18. The summed E-state index contributed by atoms with van der Waals surface area (Å²) in [6.45, 7) is 0.469. The molecule has 4 heteroatoms. The summed E-state index contributed by atoms with van der Waals surface area (Å²) in [6, 6.07) is 0. The van der Waals surface area contributed by atoms with Crippen molar-refractivity contribution in [3.8, 4) is 0 Å². The number of aromatic nitrogens is 1. The molecule has 0 amide bonds. The topological polar surface area (TPSA) is 72.3 Å². The smallest absolute Gasteiger partial charge is 0.168 e. The van der Waals surface area contributed by atoms with E-state index in [0.29, 0.717) is 18.7 Å². The molecule has 2 rings (SSSR count). The van der Waals surface area contributed by atoms with Gasteiger partial charge in [-0.05, 0) is 38.6 Å². The van der Waals surface area contributed by atoms with Gasteiger partial charge >= 0.3 is 0 Å². The second-order valence-electron chi connectivity index (χ2n) is 3.77. The summed E-state index contributed by atoms with van der Waals surface area (Å²) in [5.74, 6) is 0.644. The number of aryl methyl sites for hydroxylation is 1. The van der Waals surface area contributed by atoms with Gasteiger partial charge in [0.1, 0.15) is 6.10 Å². The predicted octanol–water partition coefficient (Wildman–Crippen LogP) is 0.936. The number of hydrogen-bond donors (Lipinski definition) is 2. The van der Waals surface area contributed by atoms with Gasteiger partial charge < -0.3 is 15.4 Å². The van der Waals surface area contributed by atoms with Crippen molar-refractivity contribution in [1.82, 2.24) is 5.16 Å². The molecule has 78 valence electrons. The molecule has 1 aliphatic carbocycles. The maximum Gasteiger partial charge on any atom is 0.168 e. The summed E-state index contributed by atoms with van der Waals surface area (Å²) in [5, 5.41) is 13.7. The Morgan fingerprint density at radius 1 is 1.43 bits per heavy atom. The fourth-order valence-electron chi connectivity index (χ4n) is 1.97. The highest BCUT2D eigenvalue weighted by Crippen LogP contribution is 2.28. The number of fused-ring (bicyclic) bond motifs is 1. The monoisotopic (exact) mass is 196 g/mol. The van der Waals surface area contributed by atoms with Gasteiger partial charge in [0.2, 0.25) is 0 Å². The Hall–Kier alpha value is -0.870. The number of hydrogen-bond acceptors (Lipinski definition) is 4. The average Bonchev–Trinajstić information content (AvgIpc) is 2.61. The highest BCUT2D eigenvalue weighted by atomic mass is 16.5. The molecule has 0 saturated carbocycles. The van der Waals surface area contributed by atoms with E-state index in [9.17, 15) is 5.11 Å². The summed E-state index contributed by atoms with van der Waals surface area (Å²) in [7, 11) is 0. The fourth-order valence-corrected chi connectivity index (χ4v) is 1.97. The van der Waals surface area contributed by atoms with Crippen LogP contribution < -0.4 is 5.73 Å². The van der Waals surface area contributed by atoms with Crippen LogP contribution in [0.15, 0.2) is 4.52 Å². The molecule has 1 aliphatic rings. The lowest BCUT2D eigenvalue weighted by molar-refractivity contribution is 0.132. The van der Waals surface area contributed by atoms with Crippen molar-refractivity contribution in [3.05, 3.63) is 17.0 Å². The summed E-state index contributed by atoms with van der Waals surface area (Å²) in [6.07, 6.45) is 4.27. The molecule has 0 fully saturated rings. The van der Waals surface area contributed by atoms with E-state index in [1.54, 1.807) is 0 Å². The number of nitrogens with two attached hydrogens (primary N) is 1. The van der Waals surface area contributed by atoms with E-state index in [-0.39, 0.29) is 0 Å². The van der Waals surface area contributed by atoms with Gasteiger partial charge in [-0.2, -0.15) is 0 Å². The number of rotatable bonds is 3. The molecule has 0 saturated heterocycles. The third-order valence-corrected chi connectivity index (χ3v) is 2.73. The first-order valence-electron chi connectivity index (χ1n) is 5.18. The van der Waals surface area contributed by atoms with Crippen LogP contribution in [0.5, 0.6) is 0 Å². The Morgan fingerprint density at radius 2 is 2.21 bits per heavy atom. The minimum absolute atomic E-state index is 0.469. The van der Waals surface area contributed by atoms with Crippen molar-refractivity contribution in [3.63, 3.8) is 0 Å². The maximum absolute atomic E-state index is 9.75. The summed E-state index contributed by atoms with van der Waals surface area (Å²) in [5.41, 5.74) is 7.54. The van der Waals surface area contributed by atoms with Crippen molar-refractivity contribution >= 4 is 0 Å². The van der Waals surface area contributed by atoms with Gasteiger partial charge in [-0.3, -0.25) is 0 Å². The van der Waals surface area contributed by atoms with E-state index in [0.717, 1.165) is 30.5 Å². The Bertz CT molecular complexity index is 309. The molecule has 4 nitrogen and oxygen atoms in total.